The lowest BCUT2D eigenvalue weighted by Gasteiger charge is -2.52. The number of hydrogen-bond acceptors (Lipinski definition) is 5. The Morgan fingerprint density at radius 3 is 2.76 bits per heavy atom. The van der Waals surface area contributed by atoms with E-state index < -0.39 is 5.60 Å². The zero-order valence-electron chi connectivity index (χ0n) is 15.4. The highest BCUT2D eigenvalue weighted by molar-refractivity contribution is 5.78. The molecule has 1 amide bonds. The Morgan fingerprint density at radius 1 is 1.44 bits per heavy atom. The van der Waals surface area contributed by atoms with Crippen molar-refractivity contribution >= 4 is 5.91 Å². The number of hydrogen-bond donors (Lipinski definition) is 1. The smallest absolute Gasteiger partial charge is 0.227 e. The highest BCUT2D eigenvalue weighted by Gasteiger charge is 2.49. The number of likely N-dealkylation sites (tertiary alicyclic amines) is 1. The Balaban J connectivity index is 1.59. The maximum Gasteiger partial charge on any atom is 0.227 e. The predicted molar refractivity (Wildman–Crippen MR) is 95.2 cm³/mol. The molecular weight excluding hydrogens is 318 g/mol. The molecule has 1 aromatic heterocycles. The van der Waals surface area contributed by atoms with Crippen LogP contribution in [0.3, 0.4) is 0 Å². The number of amides is 1. The number of likely N-dealkylation sites (N-methyl/N-ethyl adjacent to an activating group) is 1. The number of pyridine rings is 1. The molecule has 0 aliphatic carbocycles. The molecule has 0 saturated carbocycles. The maximum atomic E-state index is 12.5. The second-order valence-electron chi connectivity index (χ2n) is 7.93. The fourth-order valence-corrected chi connectivity index (χ4v) is 4.07. The number of aliphatic hydroxyl groups is 1. The summed E-state index contributed by atoms with van der Waals surface area (Å²) in [5.41, 5.74) is -0.102. The second-order valence-corrected chi connectivity index (χ2v) is 7.93. The minimum Gasteiger partial charge on any atom is -0.386 e. The first kappa shape index (κ1) is 18.3. The van der Waals surface area contributed by atoms with Crippen LogP contribution in [0.4, 0.5) is 0 Å². The first-order chi connectivity index (χ1) is 11.8. The normalized spacial score (nSPS) is 29.2. The molecule has 2 aliphatic rings. The number of piperidine rings is 1. The fourth-order valence-electron chi connectivity index (χ4n) is 4.07. The van der Waals surface area contributed by atoms with E-state index in [0.717, 1.165) is 24.8 Å². The molecule has 6 heteroatoms. The van der Waals surface area contributed by atoms with Crippen LogP contribution >= 0.6 is 0 Å². The largest absolute Gasteiger partial charge is 0.386 e. The number of ether oxygens (including phenoxy) is 1. The van der Waals surface area contributed by atoms with Crippen LogP contribution in [0.5, 0.6) is 0 Å². The van der Waals surface area contributed by atoms with E-state index in [9.17, 15) is 9.90 Å². The summed E-state index contributed by atoms with van der Waals surface area (Å²) in [6.45, 7) is 3.61. The minimum absolute atomic E-state index is 0.0684. The third-order valence-corrected chi connectivity index (χ3v) is 5.68. The van der Waals surface area contributed by atoms with Gasteiger partial charge < -0.3 is 19.6 Å². The van der Waals surface area contributed by atoms with Gasteiger partial charge in [0.2, 0.25) is 5.91 Å². The first-order valence-electron chi connectivity index (χ1n) is 9.01. The molecule has 0 aromatic carbocycles. The molecule has 1 aromatic rings. The molecule has 3 heterocycles. The summed E-state index contributed by atoms with van der Waals surface area (Å²) in [6, 6.07) is 3.86. The van der Waals surface area contributed by atoms with E-state index in [0.29, 0.717) is 26.1 Å². The maximum absolute atomic E-state index is 12.5. The number of carbonyl (C=O) groups is 1. The van der Waals surface area contributed by atoms with Crippen LogP contribution in [-0.2, 0) is 16.0 Å². The highest BCUT2D eigenvalue weighted by Crippen LogP contribution is 2.39. The van der Waals surface area contributed by atoms with Crippen LogP contribution in [0.1, 0.15) is 31.7 Å². The zero-order valence-corrected chi connectivity index (χ0v) is 15.4. The van der Waals surface area contributed by atoms with Gasteiger partial charge in [0.15, 0.2) is 0 Å². The third-order valence-electron chi connectivity index (χ3n) is 5.68. The van der Waals surface area contributed by atoms with Crippen molar-refractivity contribution < 1.29 is 14.6 Å². The average Bonchev–Trinajstić information content (AvgIpc) is 2.59. The monoisotopic (exact) mass is 347 g/mol. The molecule has 0 radical (unpaired) electrons. The molecule has 3 rings (SSSR count). The van der Waals surface area contributed by atoms with Gasteiger partial charge in [0.1, 0.15) is 5.60 Å². The standard InChI is InChI=1S/C19H29N3O3/c1-18(24)14-25-19(12-16(18)21(2)3)6-9-22(10-7-19)17(23)11-15-5-4-8-20-13-15/h4-5,8,13,16,24H,6-7,9-12,14H2,1-3H3/t16-,18-/m0/s1. The second kappa shape index (κ2) is 7.02. The molecule has 2 fully saturated rings. The minimum atomic E-state index is -0.831. The van der Waals surface area contributed by atoms with E-state index in [2.05, 4.69) is 9.88 Å². The van der Waals surface area contributed by atoms with Gasteiger partial charge in [0, 0.05) is 31.5 Å². The van der Waals surface area contributed by atoms with Crippen molar-refractivity contribution in [1.82, 2.24) is 14.8 Å². The summed E-state index contributed by atoms with van der Waals surface area (Å²) in [5, 5.41) is 10.6. The Labute approximate surface area is 149 Å². The lowest BCUT2D eigenvalue weighted by atomic mass is 9.77. The topological polar surface area (TPSA) is 65.9 Å². The van der Waals surface area contributed by atoms with Crippen molar-refractivity contribution in [2.45, 2.75) is 49.9 Å². The summed E-state index contributed by atoms with van der Waals surface area (Å²) >= 11 is 0. The van der Waals surface area contributed by atoms with Gasteiger partial charge in [-0.1, -0.05) is 6.07 Å². The Morgan fingerprint density at radius 2 is 2.16 bits per heavy atom. The van der Waals surface area contributed by atoms with Gasteiger partial charge in [-0.3, -0.25) is 9.78 Å². The van der Waals surface area contributed by atoms with Crippen molar-refractivity contribution in [2.24, 2.45) is 0 Å². The van der Waals surface area contributed by atoms with Gasteiger partial charge in [-0.2, -0.15) is 0 Å². The molecule has 2 aliphatic heterocycles. The van der Waals surface area contributed by atoms with E-state index in [1.54, 1.807) is 12.4 Å². The van der Waals surface area contributed by atoms with Crippen molar-refractivity contribution in [3.63, 3.8) is 0 Å². The van der Waals surface area contributed by atoms with Crippen LogP contribution < -0.4 is 0 Å². The molecular formula is C19H29N3O3. The molecule has 25 heavy (non-hydrogen) atoms. The number of carbonyl (C=O) groups excluding carboxylic acids is 1. The molecule has 1 N–H and O–H groups in total. The summed E-state index contributed by atoms with van der Waals surface area (Å²) < 4.78 is 6.12. The Hall–Kier alpha value is -1.50. The number of nitrogens with zero attached hydrogens (tertiary/aromatic N) is 3. The summed E-state index contributed by atoms with van der Waals surface area (Å²) in [5.74, 6) is 0.148. The molecule has 1 spiro atoms. The highest BCUT2D eigenvalue weighted by atomic mass is 16.5. The SMILES string of the molecule is CN(C)[C@H]1CC2(CCN(C(=O)Cc3cccnc3)CC2)OC[C@]1(C)O. The van der Waals surface area contributed by atoms with Gasteiger partial charge in [0.25, 0.3) is 0 Å². The molecule has 0 bridgehead atoms. The van der Waals surface area contributed by atoms with Crippen molar-refractivity contribution in [3.05, 3.63) is 30.1 Å². The quantitative estimate of drug-likeness (QED) is 0.887. The van der Waals surface area contributed by atoms with Gasteiger partial charge in [0.05, 0.1) is 18.6 Å². The van der Waals surface area contributed by atoms with Gasteiger partial charge in [-0.05, 0) is 51.9 Å². The average molecular weight is 347 g/mol. The summed E-state index contributed by atoms with van der Waals surface area (Å²) in [7, 11) is 4.01. The molecule has 2 saturated heterocycles. The van der Waals surface area contributed by atoms with E-state index in [4.69, 9.17) is 4.74 Å². The Bertz CT molecular complexity index is 595. The third kappa shape index (κ3) is 4.02. The summed E-state index contributed by atoms with van der Waals surface area (Å²) in [6.07, 6.45) is 6.32. The van der Waals surface area contributed by atoms with E-state index in [-0.39, 0.29) is 17.6 Å². The van der Waals surface area contributed by atoms with Crippen LogP contribution in [-0.4, -0.2) is 76.8 Å². The van der Waals surface area contributed by atoms with Crippen LogP contribution in [0.15, 0.2) is 24.5 Å². The predicted octanol–water partition coefficient (Wildman–Crippen LogP) is 1.09. The van der Waals surface area contributed by atoms with Crippen molar-refractivity contribution in [1.29, 1.82) is 0 Å². The van der Waals surface area contributed by atoms with Gasteiger partial charge >= 0.3 is 0 Å². The first-order valence-corrected chi connectivity index (χ1v) is 9.01. The fraction of sp³-hybridized carbons (Fsp3) is 0.684. The van der Waals surface area contributed by atoms with Crippen LogP contribution in [0.2, 0.25) is 0 Å². The van der Waals surface area contributed by atoms with Crippen LogP contribution in [0.25, 0.3) is 0 Å². The van der Waals surface area contributed by atoms with E-state index in [1.165, 1.54) is 0 Å². The van der Waals surface area contributed by atoms with E-state index in [1.807, 2.05) is 38.1 Å². The lowest BCUT2D eigenvalue weighted by molar-refractivity contribution is -0.207. The molecule has 2 atom stereocenters. The van der Waals surface area contributed by atoms with Crippen molar-refractivity contribution in [3.8, 4) is 0 Å². The molecule has 6 nitrogen and oxygen atoms in total. The lowest BCUT2D eigenvalue weighted by Crippen LogP contribution is -2.63. The van der Waals surface area contributed by atoms with E-state index >= 15 is 0 Å². The van der Waals surface area contributed by atoms with Crippen LogP contribution in [0, 0.1) is 0 Å². The number of rotatable bonds is 3. The number of aromatic nitrogens is 1. The zero-order chi connectivity index (χ0) is 18.1. The molecule has 138 valence electrons. The van der Waals surface area contributed by atoms with Gasteiger partial charge in [-0.15, -0.1) is 0 Å². The van der Waals surface area contributed by atoms with Crippen molar-refractivity contribution in [2.75, 3.05) is 33.8 Å². The molecule has 0 unspecified atom stereocenters. The Kier molecular flexibility index (Phi) is 5.14. The summed E-state index contributed by atoms with van der Waals surface area (Å²) in [4.78, 5) is 20.6. The van der Waals surface area contributed by atoms with Gasteiger partial charge in [-0.25, -0.2) is 0 Å².